The lowest BCUT2D eigenvalue weighted by molar-refractivity contribution is -0.109. The fourth-order valence-corrected chi connectivity index (χ4v) is 2.94. The van der Waals surface area contributed by atoms with Crippen LogP contribution in [-0.2, 0) is 10.3 Å². The van der Waals surface area contributed by atoms with Crippen molar-refractivity contribution in [3.8, 4) is 6.07 Å². The first kappa shape index (κ1) is 15.4. The van der Waals surface area contributed by atoms with Crippen LogP contribution < -0.4 is 11.5 Å². The summed E-state index contributed by atoms with van der Waals surface area (Å²) in [5, 5.41) is 43.9. The van der Waals surface area contributed by atoms with Gasteiger partial charge in [0.25, 0.3) is 0 Å². The van der Waals surface area contributed by atoms with Gasteiger partial charge < -0.3 is 31.5 Å². The van der Waals surface area contributed by atoms with E-state index in [0.717, 1.165) is 0 Å². The lowest BCUT2D eigenvalue weighted by Crippen LogP contribution is -2.52. The van der Waals surface area contributed by atoms with Crippen molar-refractivity contribution in [1.82, 2.24) is 14.6 Å². The number of nitrogens with zero attached hydrogens (tertiary/aromatic N) is 4. The molecule has 0 spiro atoms. The summed E-state index contributed by atoms with van der Waals surface area (Å²) in [4.78, 5) is 3.82. The predicted molar refractivity (Wildman–Crippen MR) is 77.7 cm³/mol. The Morgan fingerprint density at radius 1 is 1.48 bits per heavy atom. The number of ether oxygens (including phenoxy) is 1. The van der Waals surface area contributed by atoms with E-state index in [1.165, 1.54) is 17.5 Å². The number of hydrogen-bond donors (Lipinski definition) is 5. The van der Waals surface area contributed by atoms with Gasteiger partial charge in [0.05, 0.1) is 12.3 Å². The number of nitrogens with two attached hydrogens (primary N) is 2. The third-order valence-corrected chi connectivity index (χ3v) is 4.22. The molecule has 1 aliphatic rings. The van der Waals surface area contributed by atoms with Gasteiger partial charge in [0.2, 0.25) is 11.5 Å². The van der Waals surface area contributed by atoms with Crippen LogP contribution >= 0.6 is 0 Å². The van der Waals surface area contributed by atoms with E-state index in [1.807, 2.05) is 6.07 Å². The van der Waals surface area contributed by atoms with Crippen molar-refractivity contribution >= 4 is 17.3 Å². The topological polar surface area (TPSA) is 176 Å². The summed E-state index contributed by atoms with van der Waals surface area (Å²) < 4.78 is 6.77. The third kappa shape index (κ3) is 1.82. The molecule has 7 N–H and O–H groups in total. The molecule has 4 atom stereocenters. The predicted octanol–water partition coefficient (Wildman–Crippen LogP) is -1.88. The van der Waals surface area contributed by atoms with Crippen LogP contribution in [0.25, 0.3) is 5.52 Å². The molecule has 0 amide bonds. The molecule has 10 heteroatoms. The number of aliphatic hydroxyl groups is 3. The van der Waals surface area contributed by atoms with Gasteiger partial charge in [0.15, 0.2) is 5.82 Å². The molecule has 2 aromatic heterocycles. The molecule has 0 saturated carbocycles. The highest BCUT2D eigenvalue weighted by molar-refractivity contribution is 5.67. The summed E-state index contributed by atoms with van der Waals surface area (Å²) in [6.45, 7) is 0.688. The van der Waals surface area contributed by atoms with E-state index < -0.39 is 30.0 Å². The molecule has 10 nitrogen and oxygen atoms in total. The van der Waals surface area contributed by atoms with Crippen molar-refractivity contribution in [3.05, 3.63) is 17.8 Å². The normalized spacial score (nSPS) is 33.9. The highest BCUT2D eigenvalue weighted by Gasteiger charge is 2.65. The first-order valence-corrected chi connectivity index (χ1v) is 6.80. The van der Waals surface area contributed by atoms with Gasteiger partial charge in [-0.15, -0.1) is 5.10 Å². The molecule has 0 bridgehead atoms. The number of aliphatic hydroxyl groups excluding tert-OH is 2. The number of fused-ring (bicyclic) bond motifs is 1. The van der Waals surface area contributed by atoms with Gasteiger partial charge in [-0.3, -0.25) is 0 Å². The number of nitrogen functional groups attached to an aromatic ring is 2. The van der Waals surface area contributed by atoms with Crippen molar-refractivity contribution in [3.63, 3.8) is 0 Å². The molecule has 0 radical (unpaired) electrons. The van der Waals surface area contributed by atoms with E-state index in [0.29, 0.717) is 5.52 Å². The third-order valence-electron chi connectivity index (χ3n) is 4.22. The molecule has 23 heavy (non-hydrogen) atoms. The van der Waals surface area contributed by atoms with Crippen molar-refractivity contribution in [2.45, 2.75) is 30.3 Å². The van der Waals surface area contributed by atoms with E-state index in [9.17, 15) is 20.6 Å². The molecular formula is C13H16N6O4. The van der Waals surface area contributed by atoms with Crippen LogP contribution in [0.5, 0.6) is 0 Å². The monoisotopic (exact) mass is 320 g/mol. The molecule has 0 aromatic carbocycles. The molecule has 122 valence electrons. The minimum atomic E-state index is -2.00. The van der Waals surface area contributed by atoms with Crippen LogP contribution in [0.15, 0.2) is 12.1 Å². The first-order valence-electron chi connectivity index (χ1n) is 6.80. The van der Waals surface area contributed by atoms with Gasteiger partial charge in [-0.25, -0.2) is 4.52 Å². The number of aromatic nitrogens is 3. The fourth-order valence-electron chi connectivity index (χ4n) is 2.94. The SMILES string of the molecule is C[C@@]1(O)[C@H](O)[C@@H](CO)O[C@@]1(C#N)c1ccc2c(N)nc(N)nn12. The summed E-state index contributed by atoms with van der Waals surface area (Å²) in [5.41, 5.74) is 7.87. The molecule has 1 fully saturated rings. The smallest absolute Gasteiger partial charge is 0.240 e. The molecule has 0 unspecified atom stereocenters. The van der Waals surface area contributed by atoms with Crippen LogP contribution in [0.3, 0.4) is 0 Å². The summed E-state index contributed by atoms with van der Waals surface area (Å²) in [6, 6.07) is 4.91. The van der Waals surface area contributed by atoms with Gasteiger partial charge in [-0.05, 0) is 19.1 Å². The lowest BCUT2D eigenvalue weighted by atomic mass is 9.80. The zero-order valence-corrected chi connectivity index (χ0v) is 12.2. The Bertz CT molecular complexity index is 813. The van der Waals surface area contributed by atoms with Crippen LogP contribution in [0, 0.1) is 11.3 Å². The average molecular weight is 320 g/mol. The van der Waals surface area contributed by atoms with Gasteiger partial charge >= 0.3 is 0 Å². The van der Waals surface area contributed by atoms with Crippen LogP contribution in [0.2, 0.25) is 0 Å². The lowest BCUT2D eigenvalue weighted by Gasteiger charge is -2.33. The van der Waals surface area contributed by atoms with Gasteiger partial charge in [0.1, 0.15) is 29.4 Å². The van der Waals surface area contributed by atoms with E-state index in [1.54, 1.807) is 6.07 Å². The maximum Gasteiger partial charge on any atom is 0.240 e. The molecular weight excluding hydrogens is 304 g/mol. The van der Waals surface area contributed by atoms with E-state index >= 15 is 0 Å². The van der Waals surface area contributed by atoms with Gasteiger partial charge in [0, 0.05) is 0 Å². The van der Waals surface area contributed by atoms with Crippen molar-refractivity contribution in [2.75, 3.05) is 18.1 Å². The second kappa shape index (κ2) is 4.77. The number of rotatable bonds is 2. The Morgan fingerprint density at radius 3 is 2.74 bits per heavy atom. The Hall–Kier alpha value is -2.45. The Kier molecular flexibility index (Phi) is 3.20. The van der Waals surface area contributed by atoms with Crippen molar-refractivity contribution in [1.29, 1.82) is 5.26 Å². The van der Waals surface area contributed by atoms with Crippen molar-refractivity contribution in [2.24, 2.45) is 0 Å². The van der Waals surface area contributed by atoms with E-state index in [2.05, 4.69) is 10.1 Å². The van der Waals surface area contributed by atoms with E-state index in [-0.39, 0.29) is 17.5 Å². The Labute approximate surface area is 130 Å². The van der Waals surface area contributed by atoms with Crippen molar-refractivity contribution < 1.29 is 20.1 Å². The number of nitriles is 1. The molecule has 1 saturated heterocycles. The standard InChI is InChI=1S/C13H16N6O4/c1-12(22)9(21)7(4-20)23-13(12,5-14)8-3-2-6-10(15)17-11(16)18-19(6)8/h2-3,7,9,20-22H,4H2,1H3,(H4,15,16,17,18)/t7-,9-,12-,13+/m1/s1. The molecule has 3 heterocycles. The zero-order valence-electron chi connectivity index (χ0n) is 12.2. The summed E-state index contributed by atoms with van der Waals surface area (Å²) >= 11 is 0. The number of anilines is 2. The van der Waals surface area contributed by atoms with E-state index in [4.69, 9.17) is 16.2 Å². The molecule has 1 aliphatic heterocycles. The van der Waals surface area contributed by atoms with Crippen LogP contribution in [0.1, 0.15) is 12.6 Å². The average Bonchev–Trinajstić information content (AvgIpc) is 2.99. The zero-order chi connectivity index (χ0) is 17.0. The largest absolute Gasteiger partial charge is 0.394 e. The Balaban J connectivity index is 2.29. The second-order valence-corrected chi connectivity index (χ2v) is 5.60. The maximum atomic E-state index is 10.7. The van der Waals surface area contributed by atoms with Crippen LogP contribution in [0.4, 0.5) is 11.8 Å². The molecule has 0 aliphatic carbocycles. The first-order chi connectivity index (χ1) is 10.8. The number of hydrogen-bond acceptors (Lipinski definition) is 9. The highest BCUT2D eigenvalue weighted by atomic mass is 16.6. The quantitative estimate of drug-likeness (QED) is 0.423. The minimum Gasteiger partial charge on any atom is -0.394 e. The molecule has 3 rings (SSSR count). The van der Waals surface area contributed by atoms with Gasteiger partial charge in [-0.1, -0.05) is 0 Å². The molecule has 2 aromatic rings. The maximum absolute atomic E-state index is 10.7. The minimum absolute atomic E-state index is 0.0914. The second-order valence-electron chi connectivity index (χ2n) is 5.60. The van der Waals surface area contributed by atoms with Gasteiger partial charge in [-0.2, -0.15) is 10.2 Å². The summed E-state index contributed by atoms with van der Waals surface area (Å²) in [7, 11) is 0. The fraction of sp³-hybridized carbons (Fsp3) is 0.462. The van der Waals surface area contributed by atoms with Crippen LogP contribution in [-0.4, -0.2) is 54.3 Å². The summed E-state index contributed by atoms with van der Waals surface area (Å²) in [6.07, 6.45) is -2.61. The Morgan fingerprint density at radius 2 is 2.17 bits per heavy atom. The highest BCUT2D eigenvalue weighted by Crippen LogP contribution is 2.47. The summed E-state index contributed by atoms with van der Waals surface area (Å²) in [5.74, 6) is -0.0360.